The number of imidazole rings is 1. The molecule has 2 aromatic rings. The monoisotopic (exact) mass is 243 g/mol. The molecule has 3 rings (SSSR count). The number of aromatic nitrogens is 2. The molecule has 3 heteroatoms. The predicted molar refractivity (Wildman–Crippen MR) is 74.5 cm³/mol. The third-order valence-electron chi connectivity index (χ3n) is 3.42. The first-order valence-corrected chi connectivity index (χ1v) is 6.92. The largest absolute Gasteiger partial charge is 0.324 e. The fourth-order valence-corrected chi connectivity index (χ4v) is 2.43. The van der Waals surface area contributed by atoms with Crippen molar-refractivity contribution in [2.45, 2.75) is 39.3 Å². The average Bonchev–Trinajstić information content (AvgIpc) is 3.10. The van der Waals surface area contributed by atoms with Gasteiger partial charge in [-0.3, -0.25) is 0 Å². The smallest absolute Gasteiger partial charge is 0.124 e. The molecule has 1 saturated carbocycles. The Kier molecular flexibility index (Phi) is 3.08. The summed E-state index contributed by atoms with van der Waals surface area (Å²) in [4.78, 5) is 4.77. The zero-order chi connectivity index (χ0) is 12.5. The van der Waals surface area contributed by atoms with Gasteiger partial charge in [0, 0.05) is 6.04 Å². The Morgan fingerprint density at radius 2 is 2.11 bits per heavy atom. The number of rotatable bonds is 5. The molecule has 96 valence electrons. The summed E-state index contributed by atoms with van der Waals surface area (Å²) in [5.41, 5.74) is 2.42. The average molecular weight is 243 g/mol. The number of nitrogens with one attached hydrogen (secondary N) is 1. The molecule has 0 atom stereocenters. The van der Waals surface area contributed by atoms with Crippen molar-refractivity contribution in [3.8, 4) is 0 Å². The highest BCUT2D eigenvalue weighted by Crippen LogP contribution is 2.38. The molecular formula is C15H21N3. The molecule has 0 unspecified atom stereocenters. The van der Waals surface area contributed by atoms with Gasteiger partial charge in [-0.05, 0) is 37.4 Å². The maximum Gasteiger partial charge on any atom is 0.124 e. The van der Waals surface area contributed by atoms with E-state index in [1.54, 1.807) is 0 Å². The van der Waals surface area contributed by atoms with E-state index in [9.17, 15) is 0 Å². The summed E-state index contributed by atoms with van der Waals surface area (Å²) in [5, 5.41) is 3.50. The summed E-state index contributed by atoms with van der Waals surface area (Å²) in [6.07, 6.45) is 2.61. The van der Waals surface area contributed by atoms with Crippen LogP contribution in [0.25, 0.3) is 11.0 Å². The Labute approximate surface area is 108 Å². The Morgan fingerprint density at radius 1 is 1.33 bits per heavy atom. The normalized spacial score (nSPS) is 15.7. The van der Waals surface area contributed by atoms with Gasteiger partial charge in [0.25, 0.3) is 0 Å². The van der Waals surface area contributed by atoms with Crippen molar-refractivity contribution >= 4 is 11.0 Å². The first-order chi connectivity index (χ1) is 8.75. The molecule has 0 saturated heterocycles. The molecule has 1 heterocycles. The van der Waals surface area contributed by atoms with Gasteiger partial charge < -0.3 is 9.88 Å². The van der Waals surface area contributed by atoms with Crippen molar-refractivity contribution in [2.75, 3.05) is 6.54 Å². The number of nitrogens with zero attached hydrogens (tertiary/aromatic N) is 2. The summed E-state index contributed by atoms with van der Waals surface area (Å²) in [7, 11) is 0. The third kappa shape index (κ3) is 2.27. The molecule has 3 nitrogen and oxygen atoms in total. The maximum absolute atomic E-state index is 4.77. The minimum atomic E-state index is 0.684. The van der Waals surface area contributed by atoms with Crippen LogP contribution in [0, 0.1) is 5.92 Å². The summed E-state index contributed by atoms with van der Waals surface area (Å²) < 4.78 is 2.43. The van der Waals surface area contributed by atoms with Crippen molar-refractivity contribution in [3.05, 3.63) is 30.1 Å². The van der Waals surface area contributed by atoms with Crippen LogP contribution in [-0.4, -0.2) is 16.1 Å². The van der Waals surface area contributed by atoms with Crippen LogP contribution < -0.4 is 5.32 Å². The van der Waals surface area contributed by atoms with Crippen LogP contribution in [-0.2, 0) is 6.54 Å². The van der Waals surface area contributed by atoms with Crippen molar-refractivity contribution in [3.63, 3.8) is 0 Å². The van der Waals surface area contributed by atoms with Crippen molar-refractivity contribution in [1.29, 1.82) is 0 Å². The van der Waals surface area contributed by atoms with Crippen LogP contribution >= 0.6 is 0 Å². The third-order valence-corrected chi connectivity index (χ3v) is 3.42. The molecule has 1 fully saturated rings. The Balaban J connectivity index is 1.88. The van der Waals surface area contributed by atoms with Crippen LogP contribution in [0.15, 0.2) is 24.3 Å². The van der Waals surface area contributed by atoms with Gasteiger partial charge in [0.1, 0.15) is 5.82 Å². The van der Waals surface area contributed by atoms with Gasteiger partial charge >= 0.3 is 0 Å². The van der Waals surface area contributed by atoms with Crippen molar-refractivity contribution in [2.24, 2.45) is 5.92 Å². The molecule has 18 heavy (non-hydrogen) atoms. The molecule has 0 bridgehead atoms. The second kappa shape index (κ2) is 4.73. The van der Waals surface area contributed by atoms with Crippen LogP contribution in [0.4, 0.5) is 0 Å². The summed E-state index contributed by atoms with van der Waals surface area (Å²) >= 11 is 0. The van der Waals surface area contributed by atoms with E-state index in [2.05, 4.69) is 48.0 Å². The van der Waals surface area contributed by atoms with Crippen LogP contribution in [0.2, 0.25) is 0 Å². The molecule has 0 radical (unpaired) electrons. The molecule has 0 aliphatic heterocycles. The first kappa shape index (κ1) is 11.7. The van der Waals surface area contributed by atoms with E-state index in [0.29, 0.717) is 12.0 Å². The van der Waals surface area contributed by atoms with Gasteiger partial charge in [-0.15, -0.1) is 0 Å². The lowest BCUT2D eigenvalue weighted by Crippen LogP contribution is -2.21. The fourth-order valence-electron chi connectivity index (χ4n) is 2.43. The van der Waals surface area contributed by atoms with Crippen LogP contribution in [0.5, 0.6) is 0 Å². The standard InChI is InChI=1S/C15H21N3/c1-11(2)9-16-10-15-17-13-5-3-4-6-14(13)18(15)12-7-8-12/h3-6,11-12,16H,7-10H2,1-2H3. The van der Waals surface area contributed by atoms with Crippen LogP contribution in [0.1, 0.15) is 38.6 Å². The Bertz CT molecular complexity index is 538. The van der Waals surface area contributed by atoms with E-state index in [4.69, 9.17) is 4.98 Å². The zero-order valence-corrected chi connectivity index (χ0v) is 11.2. The number of hydrogen-bond donors (Lipinski definition) is 1. The second-order valence-corrected chi connectivity index (χ2v) is 5.64. The molecule has 1 aromatic carbocycles. The molecule has 1 N–H and O–H groups in total. The minimum absolute atomic E-state index is 0.684. The van der Waals surface area contributed by atoms with Crippen molar-refractivity contribution < 1.29 is 0 Å². The maximum atomic E-state index is 4.77. The number of benzene rings is 1. The highest BCUT2D eigenvalue weighted by atomic mass is 15.1. The SMILES string of the molecule is CC(C)CNCc1nc2ccccc2n1C1CC1. The topological polar surface area (TPSA) is 29.9 Å². The first-order valence-electron chi connectivity index (χ1n) is 6.92. The quantitative estimate of drug-likeness (QED) is 0.874. The number of fused-ring (bicyclic) bond motifs is 1. The van der Waals surface area contributed by atoms with Gasteiger partial charge in [0.05, 0.1) is 17.6 Å². The van der Waals surface area contributed by atoms with E-state index in [-0.39, 0.29) is 0 Å². The van der Waals surface area contributed by atoms with E-state index in [1.807, 2.05) is 0 Å². The van der Waals surface area contributed by atoms with Gasteiger partial charge in [-0.25, -0.2) is 4.98 Å². The second-order valence-electron chi connectivity index (χ2n) is 5.64. The molecular weight excluding hydrogens is 222 g/mol. The number of para-hydroxylation sites is 2. The Morgan fingerprint density at radius 3 is 2.83 bits per heavy atom. The molecule has 0 amide bonds. The lowest BCUT2D eigenvalue weighted by Gasteiger charge is -2.10. The fraction of sp³-hybridized carbons (Fsp3) is 0.533. The number of hydrogen-bond acceptors (Lipinski definition) is 2. The van der Waals surface area contributed by atoms with E-state index < -0.39 is 0 Å². The van der Waals surface area contributed by atoms with Crippen molar-refractivity contribution in [1.82, 2.24) is 14.9 Å². The van der Waals surface area contributed by atoms with Gasteiger partial charge in [0.15, 0.2) is 0 Å². The minimum Gasteiger partial charge on any atom is -0.324 e. The van der Waals surface area contributed by atoms with E-state index in [0.717, 1.165) is 18.6 Å². The summed E-state index contributed by atoms with van der Waals surface area (Å²) in [6.45, 7) is 6.39. The Hall–Kier alpha value is -1.35. The highest BCUT2D eigenvalue weighted by Gasteiger charge is 2.27. The summed E-state index contributed by atoms with van der Waals surface area (Å²) in [6, 6.07) is 9.16. The molecule has 1 aliphatic carbocycles. The molecule has 1 aromatic heterocycles. The van der Waals surface area contributed by atoms with E-state index >= 15 is 0 Å². The lowest BCUT2D eigenvalue weighted by molar-refractivity contribution is 0.531. The van der Waals surface area contributed by atoms with Crippen LogP contribution in [0.3, 0.4) is 0 Å². The zero-order valence-electron chi connectivity index (χ0n) is 11.2. The molecule has 1 aliphatic rings. The summed E-state index contributed by atoms with van der Waals surface area (Å²) in [5.74, 6) is 1.88. The van der Waals surface area contributed by atoms with Gasteiger partial charge in [-0.2, -0.15) is 0 Å². The molecule has 0 spiro atoms. The lowest BCUT2D eigenvalue weighted by atomic mass is 10.2. The highest BCUT2D eigenvalue weighted by molar-refractivity contribution is 5.76. The van der Waals surface area contributed by atoms with E-state index in [1.165, 1.54) is 24.2 Å². The predicted octanol–water partition coefficient (Wildman–Crippen LogP) is 3.12. The van der Waals surface area contributed by atoms with Gasteiger partial charge in [-0.1, -0.05) is 26.0 Å². The van der Waals surface area contributed by atoms with Gasteiger partial charge in [0.2, 0.25) is 0 Å².